The highest BCUT2D eigenvalue weighted by Crippen LogP contribution is 2.28. The molecule has 0 aliphatic carbocycles. The van der Waals surface area contributed by atoms with E-state index in [-0.39, 0.29) is 16.1 Å². The molecule has 148 valence electrons. The van der Waals surface area contributed by atoms with Gasteiger partial charge >= 0.3 is 0 Å². The molecular weight excluding hydrogens is 402 g/mol. The molecule has 2 aromatic rings. The highest BCUT2D eigenvalue weighted by atomic mass is 32.2. The molecular formula is C18H25N3O3S3. The molecule has 2 rings (SSSR count). The topological polar surface area (TPSA) is 79.4 Å². The van der Waals surface area contributed by atoms with Crippen molar-refractivity contribution >= 4 is 44.7 Å². The Hall–Kier alpha value is -1.42. The summed E-state index contributed by atoms with van der Waals surface area (Å²) in [6.45, 7) is 9.88. The largest absolute Gasteiger partial charge is 0.325 e. The Bertz CT molecular complexity index is 906. The molecule has 1 aromatic carbocycles. The summed E-state index contributed by atoms with van der Waals surface area (Å²) in [7, 11) is -3.59. The van der Waals surface area contributed by atoms with Crippen molar-refractivity contribution in [3.63, 3.8) is 0 Å². The van der Waals surface area contributed by atoms with Gasteiger partial charge in [-0.2, -0.15) is 4.31 Å². The van der Waals surface area contributed by atoms with Crippen LogP contribution in [0.4, 0.5) is 5.69 Å². The summed E-state index contributed by atoms with van der Waals surface area (Å²) in [5.74, 6) is -0.192. The molecule has 0 saturated carbocycles. The van der Waals surface area contributed by atoms with Gasteiger partial charge in [0.25, 0.3) is 0 Å². The summed E-state index contributed by atoms with van der Waals surface area (Å²) in [6.07, 6.45) is 0. The average molecular weight is 428 g/mol. The summed E-state index contributed by atoms with van der Waals surface area (Å²) in [6, 6.07) is 4.97. The number of carbonyl (C=O) groups is 1. The highest BCUT2D eigenvalue weighted by Gasteiger charge is 2.24. The number of thioether (sulfide) groups is 1. The monoisotopic (exact) mass is 427 g/mol. The number of sulfonamides is 1. The van der Waals surface area contributed by atoms with Gasteiger partial charge in [-0.15, -0.1) is 11.3 Å². The lowest BCUT2D eigenvalue weighted by Crippen LogP contribution is -2.31. The molecule has 1 aromatic heterocycles. The fraction of sp³-hybridized carbons (Fsp3) is 0.444. The van der Waals surface area contributed by atoms with Gasteiger partial charge in [-0.25, -0.2) is 13.4 Å². The van der Waals surface area contributed by atoms with E-state index in [9.17, 15) is 13.2 Å². The fourth-order valence-corrected chi connectivity index (χ4v) is 6.19. The van der Waals surface area contributed by atoms with Crippen molar-refractivity contribution in [1.82, 2.24) is 9.29 Å². The summed E-state index contributed by atoms with van der Waals surface area (Å²) in [4.78, 5) is 17.1. The van der Waals surface area contributed by atoms with Crippen LogP contribution in [-0.2, 0) is 14.8 Å². The minimum absolute atomic E-state index is 0.192. The van der Waals surface area contributed by atoms with Crippen LogP contribution in [0.5, 0.6) is 0 Å². The molecule has 6 nitrogen and oxygen atoms in total. The van der Waals surface area contributed by atoms with Crippen molar-refractivity contribution in [2.75, 3.05) is 18.4 Å². The number of benzene rings is 1. The number of aryl methyl sites for hydroxylation is 2. The standard InChI is InChI=1S/C18H25N3O3S3/c1-6-21(7-2)27(23,24)16-10-15(9-8-12(16)3)20-17(22)14(5)26-18-19-13(4)11-25-18/h8-11,14H,6-7H2,1-5H3,(H,20,22)/t14-/m1/s1. The summed E-state index contributed by atoms with van der Waals surface area (Å²) in [5, 5.41) is 4.41. The zero-order valence-electron chi connectivity index (χ0n) is 16.1. The Balaban J connectivity index is 2.18. The van der Waals surface area contributed by atoms with E-state index in [2.05, 4.69) is 10.3 Å². The van der Waals surface area contributed by atoms with Gasteiger partial charge in [0.1, 0.15) is 0 Å². The molecule has 0 unspecified atom stereocenters. The molecule has 0 radical (unpaired) electrons. The molecule has 0 aliphatic rings. The zero-order chi connectivity index (χ0) is 20.2. The molecule has 0 bridgehead atoms. The number of hydrogen-bond acceptors (Lipinski definition) is 6. The number of nitrogens with zero attached hydrogens (tertiary/aromatic N) is 2. The first-order valence-corrected chi connectivity index (χ1v) is 11.9. The van der Waals surface area contributed by atoms with Crippen molar-refractivity contribution in [1.29, 1.82) is 0 Å². The summed E-state index contributed by atoms with van der Waals surface area (Å²) < 4.78 is 27.9. The molecule has 0 aliphatic heterocycles. The normalized spacial score (nSPS) is 13.0. The van der Waals surface area contributed by atoms with Crippen LogP contribution in [0.15, 0.2) is 32.8 Å². The summed E-state index contributed by atoms with van der Waals surface area (Å²) >= 11 is 2.89. The quantitative estimate of drug-likeness (QED) is 0.646. The Kier molecular flexibility index (Phi) is 7.44. The molecule has 27 heavy (non-hydrogen) atoms. The number of aromatic nitrogens is 1. The van der Waals surface area contributed by atoms with E-state index in [0.29, 0.717) is 24.3 Å². The van der Waals surface area contributed by atoms with Crippen LogP contribution >= 0.6 is 23.1 Å². The van der Waals surface area contributed by atoms with Crippen molar-refractivity contribution in [2.45, 2.75) is 49.1 Å². The van der Waals surface area contributed by atoms with Gasteiger partial charge in [0.05, 0.1) is 10.1 Å². The first-order valence-electron chi connectivity index (χ1n) is 8.69. The van der Waals surface area contributed by atoms with Crippen molar-refractivity contribution < 1.29 is 13.2 Å². The molecule has 0 spiro atoms. The van der Waals surface area contributed by atoms with Gasteiger partial charge in [0.15, 0.2) is 4.34 Å². The number of hydrogen-bond donors (Lipinski definition) is 1. The van der Waals surface area contributed by atoms with Gasteiger partial charge in [-0.05, 0) is 38.5 Å². The van der Waals surface area contributed by atoms with E-state index in [1.165, 1.54) is 33.5 Å². The fourth-order valence-electron chi connectivity index (χ4n) is 2.49. The highest BCUT2D eigenvalue weighted by molar-refractivity contribution is 8.02. The van der Waals surface area contributed by atoms with Crippen LogP contribution in [0.2, 0.25) is 0 Å². The molecule has 0 saturated heterocycles. The second kappa shape index (κ2) is 9.18. The third-order valence-corrected chi connectivity index (χ3v) is 8.41. The predicted octanol–water partition coefficient (Wildman–Crippen LogP) is 3.91. The van der Waals surface area contributed by atoms with E-state index in [0.717, 1.165) is 10.0 Å². The Morgan fingerprint density at radius 3 is 2.52 bits per heavy atom. The zero-order valence-corrected chi connectivity index (χ0v) is 18.6. The first kappa shape index (κ1) is 21.9. The molecule has 0 fully saturated rings. The van der Waals surface area contributed by atoms with Gasteiger partial charge in [-0.3, -0.25) is 4.79 Å². The Morgan fingerprint density at radius 1 is 1.30 bits per heavy atom. The van der Waals surface area contributed by atoms with E-state index in [1.54, 1.807) is 39.8 Å². The van der Waals surface area contributed by atoms with E-state index in [4.69, 9.17) is 0 Å². The second-order valence-corrected chi connectivity index (χ2v) is 10.4. The SMILES string of the molecule is CCN(CC)S(=O)(=O)c1cc(NC(=O)[C@@H](C)Sc2nc(C)cs2)ccc1C. The second-order valence-electron chi connectivity index (χ2n) is 6.07. The lowest BCUT2D eigenvalue weighted by Gasteiger charge is -2.20. The van der Waals surface area contributed by atoms with Crippen LogP contribution in [0.1, 0.15) is 32.0 Å². The number of thiazole rings is 1. The average Bonchev–Trinajstić information content (AvgIpc) is 3.02. The number of amides is 1. The first-order chi connectivity index (χ1) is 12.7. The maximum Gasteiger partial charge on any atom is 0.243 e. The third-order valence-electron chi connectivity index (χ3n) is 4.02. The van der Waals surface area contributed by atoms with Gasteiger partial charge in [0, 0.05) is 29.9 Å². The van der Waals surface area contributed by atoms with Crippen LogP contribution in [0.3, 0.4) is 0 Å². The smallest absolute Gasteiger partial charge is 0.243 e. The predicted molar refractivity (Wildman–Crippen MR) is 112 cm³/mol. The molecule has 1 atom stereocenters. The van der Waals surface area contributed by atoms with E-state index < -0.39 is 10.0 Å². The minimum Gasteiger partial charge on any atom is -0.325 e. The van der Waals surface area contributed by atoms with Crippen LogP contribution in [0, 0.1) is 13.8 Å². The molecule has 9 heteroatoms. The van der Waals surface area contributed by atoms with Crippen molar-refractivity contribution in [2.24, 2.45) is 0 Å². The van der Waals surface area contributed by atoms with Crippen LogP contribution in [0.25, 0.3) is 0 Å². The van der Waals surface area contributed by atoms with Crippen molar-refractivity contribution in [3.05, 3.63) is 34.8 Å². The van der Waals surface area contributed by atoms with Gasteiger partial charge in [-0.1, -0.05) is 31.7 Å². The maximum absolute atomic E-state index is 12.8. The van der Waals surface area contributed by atoms with Gasteiger partial charge < -0.3 is 5.32 Å². The number of nitrogens with one attached hydrogen (secondary N) is 1. The molecule has 1 N–H and O–H groups in total. The van der Waals surface area contributed by atoms with Crippen molar-refractivity contribution in [3.8, 4) is 0 Å². The van der Waals surface area contributed by atoms with Crippen LogP contribution in [-0.4, -0.2) is 42.0 Å². The lowest BCUT2D eigenvalue weighted by molar-refractivity contribution is -0.115. The van der Waals surface area contributed by atoms with E-state index >= 15 is 0 Å². The number of anilines is 1. The minimum atomic E-state index is -3.59. The maximum atomic E-state index is 12.8. The van der Waals surface area contributed by atoms with E-state index in [1.807, 2.05) is 12.3 Å². The van der Waals surface area contributed by atoms with Gasteiger partial charge in [0.2, 0.25) is 15.9 Å². The summed E-state index contributed by atoms with van der Waals surface area (Å²) in [5.41, 5.74) is 2.06. The third kappa shape index (κ3) is 5.31. The number of carbonyl (C=O) groups excluding carboxylic acids is 1. The Morgan fingerprint density at radius 2 is 1.96 bits per heavy atom. The Labute approximate surface area is 169 Å². The lowest BCUT2D eigenvalue weighted by atomic mass is 10.2. The van der Waals surface area contributed by atoms with Crippen LogP contribution < -0.4 is 5.32 Å². The molecule has 1 heterocycles. The molecule has 1 amide bonds. The number of rotatable bonds is 8.